The van der Waals surface area contributed by atoms with E-state index in [4.69, 9.17) is 0 Å². The summed E-state index contributed by atoms with van der Waals surface area (Å²) >= 11 is 0. The smallest absolute Gasteiger partial charge is 0.250 e. The predicted molar refractivity (Wildman–Crippen MR) is 63.9 cm³/mol. The third-order valence-corrected chi connectivity index (χ3v) is 3.37. The van der Waals surface area contributed by atoms with Crippen molar-refractivity contribution < 1.29 is 13.6 Å². The van der Waals surface area contributed by atoms with Crippen molar-refractivity contribution in [2.75, 3.05) is 0 Å². The Hall–Kier alpha value is -0.930. The van der Waals surface area contributed by atoms with Crippen molar-refractivity contribution in [1.82, 2.24) is 5.32 Å². The molecule has 17 heavy (non-hydrogen) atoms. The van der Waals surface area contributed by atoms with E-state index in [0.29, 0.717) is 0 Å². The normalized spacial score (nSPS) is 23.4. The molecule has 1 N–H and O–H groups in total. The van der Waals surface area contributed by atoms with Gasteiger partial charge in [-0.15, -0.1) is 6.58 Å². The van der Waals surface area contributed by atoms with Gasteiger partial charge in [0.05, 0.1) is 0 Å². The van der Waals surface area contributed by atoms with Crippen LogP contribution in [0.3, 0.4) is 0 Å². The zero-order valence-electron chi connectivity index (χ0n) is 10.9. The summed E-state index contributed by atoms with van der Waals surface area (Å²) in [5.41, 5.74) is -0.968. The maximum Gasteiger partial charge on any atom is 0.250 e. The highest BCUT2D eigenvalue weighted by Gasteiger charge is 2.60. The number of nitrogens with one attached hydrogen (secondary N) is 1. The summed E-state index contributed by atoms with van der Waals surface area (Å²) in [7, 11) is 0. The Kier molecular flexibility index (Phi) is 3.38. The molecule has 0 aromatic heterocycles. The van der Waals surface area contributed by atoms with Gasteiger partial charge in [0.1, 0.15) is 0 Å². The SMILES string of the molecule is C=CC1(C(NC(C)=O)C(C)(C)C)CC(F)(F)C1. The maximum atomic E-state index is 13.1. The lowest BCUT2D eigenvalue weighted by Crippen LogP contribution is -2.61. The van der Waals surface area contributed by atoms with Gasteiger partial charge in [-0.3, -0.25) is 4.79 Å². The summed E-state index contributed by atoms with van der Waals surface area (Å²) in [6, 6.07) is -0.315. The van der Waals surface area contributed by atoms with Crippen LogP contribution in [0.4, 0.5) is 8.78 Å². The number of rotatable bonds is 3. The highest BCUT2D eigenvalue weighted by molar-refractivity contribution is 5.73. The molecular weight excluding hydrogens is 224 g/mol. The van der Waals surface area contributed by atoms with E-state index in [2.05, 4.69) is 11.9 Å². The van der Waals surface area contributed by atoms with Gasteiger partial charge in [0.15, 0.2) is 0 Å². The number of carbonyl (C=O) groups is 1. The predicted octanol–water partition coefficient (Wildman–Crippen LogP) is 3.14. The van der Waals surface area contributed by atoms with Crippen molar-refractivity contribution >= 4 is 5.91 Å². The van der Waals surface area contributed by atoms with Gasteiger partial charge in [-0.05, 0) is 5.41 Å². The van der Waals surface area contributed by atoms with Crippen LogP contribution in [0, 0.1) is 10.8 Å². The fourth-order valence-corrected chi connectivity index (χ4v) is 2.80. The minimum atomic E-state index is -2.63. The largest absolute Gasteiger partial charge is 0.352 e. The Morgan fingerprint density at radius 3 is 2.12 bits per heavy atom. The molecule has 1 saturated carbocycles. The fraction of sp³-hybridized carbons (Fsp3) is 0.769. The average Bonchev–Trinajstić information content (AvgIpc) is 2.07. The Balaban J connectivity index is 2.97. The summed E-state index contributed by atoms with van der Waals surface area (Å²) in [4.78, 5) is 11.2. The van der Waals surface area contributed by atoms with E-state index >= 15 is 0 Å². The molecule has 0 aliphatic heterocycles. The number of amides is 1. The van der Waals surface area contributed by atoms with Crippen molar-refractivity contribution in [3.63, 3.8) is 0 Å². The van der Waals surface area contributed by atoms with E-state index in [-0.39, 0.29) is 30.2 Å². The first-order valence-electron chi connectivity index (χ1n) is 5.81. The first-order valence-corrected chi connectivity index (χ1v) is 5.81. The van der Waals surface area contributed by atoms with Crippen LogP contribution >= 0.6 is 0 Å². The summed E-state index contributed by atoms with van der Waals surface area (Å²) in [5, 5.41) is 2.81. The van der Waals surface area contributed by atoms with E-state index in [1.54, 1.807) is 6.08 Å². The molecule has 1 unspecified atom stereocenters. The average molecular weight is 245 g/mol. The lowest BCUT2D eigenvalue weighted by molar-refractivity contribution is -0.166. The third kappa shape index (κ3) is 2.85. The maximum absolute atomic E-state index is 13.1. The third-order valence-electron chi connectivity index (χ3n) is 3.37. The van der Waals surface area contributed by atoms with Gasteiger partial charge < -0.3 is 5.32 Å². The molecule has 0 saturated heterocycles. The molecule has 0 bridgehead atoms. The Morgan fingerprint density at radius 2 is 1.88 bits per heavy atom. The van der Waals surface area contributed by atoms with E-state index in [9.17, 15) is 13.6 Å². The molecule has 98 valence electrons. The van der Waals surface area contributed by atoms with Crippen LogP contribution in [0.15, 0.2) is 12.7 Å². The lowest BCUT2D eigenvalue weighted by atomic mass is 9.56. The summed E-state index contributed by atoms with van der Waals surface area (Å²) in [6.07, 6.45) is 1.12. The molecule has 2 nitrogen and oxygen atoms in total. The number of hydrogen-bond acceptors (Lipinski definition) is 1. The number of halogens is 2. The number of hydrogen-bond donors (Lipinski definition) is 1. The van der Waals surface area contributed by atoms with Gasteiger partial charge >= 0.3 is 0 Å². The highest BCUT2D eigenvalue weighted by atomic mass is 19.3. The van der Waals surface area contributed by atoms with E-state index < -0.39 is 11.3 Å². The Bertz CT molecular complexity index is 323. The van der Waals surface area contributed by atoms with Crippen molar-refractivity contribution in [3.8, 4) is 0 Å². The summed E-state index contributed by atoms with van der Waals surface area (Å²) < 4.78 is 26.3. The first kappa shape index (κ1) is 14.1. The van der Waals surface area contributed by atoms with Crippen LogP contribution in [0.25, 0.3) is 0 Å². The lowest BCUT2D eigenvalue weighted by Gasteiger charge is -2.54. The van der Waals surface area contributed by atoms with Gasteiger partial charge in [0, 0.05) is 31.2 Å². The molecule has 1 fully saturated rings. The topological polar surface area (TPSA) is 29.1 Å². The minimum Gasteiger partial charge on any atom is -0.352 e. The Morgan fingerprint density at radius 1 is 1.41 bits per heavy atom. The molecule has 1 atom stereocenters. The van der Waals surface area contributed by atoms with Crippen LogP contribution in [0.5, 0.6) is 0 Å². The summed E-state index contributed by atoms with van der Waals surface area (Å²) in [5.74, 6) is -2.82. The Labute approximate surface area is 101 Å². The van der Waals surface area contributed by atoms with Crippen molar-refractivity contribution in [2.45, 2.75) is 52.5 Å². The molecule has 1 amide bonds. The van der Waals surface area contributed by atoms with Crippen LogP contribution in [0.2, 0.25) is 0 Å². The molecule has 0 aromatic rings. The van der Waals surface area contributed by atoms with E-state index in [1.807, 2.05) is 20.8 Å². The second-order valence-electron chi connectivity index (χ2n) is 6.15. The zero-order chi connectivity index (χ0) is 13.5. The van der Waals surface area contributed by atoms with Crippen LogP contribution in [0.1, 0.15) is 40.5 Å². The van der Waals surface area contributed by atoms with Gasteiger partial charge in [-0.1, -0.05) is 26.8 Å². The van der Waals surface area contributed by atoms with Gasteiger partial charge in [-0.2, -0.15) is 0 Å². The molecule has 0 spiro atoms. The standard InChI is InChI=1S/C13H21F2NO/c1-6-12(7-13(14,15)8-12)10(11(3,4)5)16-9(2)17/h6,10H,1,7-8H2,2-5H3,(H,16,17). The summed E-state index contributed by atoms with van der Waals surface area (Å²) in [6.45, 7) is 10.9. The quantitative estimate of drug-likeness (QED) is 0.760. The molecule has 4 heteroatoms. The zero-order valence-corrected chi connectivity index (χ0v) is 10.9. The van der Waals surface area contributed by atoms with Crippen molar-refractivity contribution in [3.05, 3.63) is 12.7 Å². The van der Waals surface area contributed by atoms with E-state index in [0.717, 1.165) is 0 Å². The minimum absolute atomic E-state index is 0.193. The van der Waals surface area contributed by atoms with Crippen LogP contribution in [-0.2, 0) is 4.79 Å². The van der Waals surface area contributed by atoms with Gasteiger partial charge in [-0.25, -0.2) is 8.78 Å². The number of alkyl halides is 2. The second-order valence-corrected chi connectivity index (χ2v) is 6.15. The molecule has 0 aromatic carbocycles. The molecule has 0 radical (unpaired) electrons. The molecule has 1 rings (SSSR count). The fourth-order valence-electron chi connectivity index (χ4n) is 2.80. The van der Waals surface area contributed by atoms with Gasteiger partial charge in [0.2, 0.25) is 11.8 Å². The second kappa shape index (κ2) is 4.07. The van der Waals surface area contributed by atoms with Crippen molar-refractivity contribution in [2.24, 2.45) is 10.8 Å². The molecule has 1 aliphatic carbocycles. The monoisotopic (exact) mass is 245 g/mol. The van der Waals surface area contributed by atoms with Crippen LogP contribution in [-0.4, -0.2) is 17.9 Å². The molecule has 1 aliphatic rings. The number of carbonyl (C=O) groups excluding carboxylic acids is 1. The molecular formula is C13H21F2NO. The molecule has 0 heterocycles. The van der Waals surface area contributed by atoms with Crippen molar-refractivity contribution in [1.29, 1.82) is 0 Å². The first-order chi connectivity index (χ1) is 7.52. The van der Waals surface area contributed by atoms with Gasteiger partial charge in [0.25, 0.3) is 0 Å². The van der Waals surface area contributed by atoms with E-state index in [1.165, 1.54) is 6.92 Å². The van der Waals surface area contributed by atoms with Crippen LogP contribution < -0.4 is 5.32 Å². The highest BCUT2D eigenvalue weighted by Crippen LogP contribution is 2.57.